The van der Waals surface area contributed by atoms with Crippen molar-refractivity contribution < 1.29 is 17.7 Å². The van der Waals surface area contributed by atoms with E-state index in [1.165, 1.54) is 24.3 Å². The van der Waals surface area contributed by atoms with Crippen LogP contribution < -0.4 is 10.5 Å². The van der Waals surface area contributed by atoms with Crippen molar-refractivity contribution in [2.45, 2.75) is 11.8 Å². The maximum Gasteiger partial charge on any atom is 0.277 e. The van der Waals surface area contributed by atoms with Crippen molar-refractivity contribution in [3.05, 3.63) is 41.8 Å². The molecule has 1 heterocycles. The summed E-state index contributed by atoms with van der Waals surface area (Å²) in [6.45, 7) is 1.64. The van der Waals surface area contributed by atoms with Gasteiger partial charge in [0.15, 0.2) is 5.69 Å². The van der Waals surface area contributed by atoms with Gasteiger partial charge in [-0.05, 0) is 19.1 Å². The van der Waals surface area contributed by atoms with E-state index in [2.05, 4.69) is 10.5 Å². The number of hydrogen-bond donors (Lipinski definition) is 2. The second-order valence-corrected chi connectivity index (χ2v) is 5.35. The van der Waals surface area contributed by atoms with E-state index in [-0.39, 0.29) is 16.3 Å². The molecule has 7 nitrogen and oxygen atoms in total. The van der Waals surface area contributed by atoms with Gasteiger partial charge >= 0.3 is 0 Å². The van der Waals surface area contributed by atoms with Gasteiger partial charge < -0.3 is 9.84 Å². The van der Waals surface area contributed by atoms with E-state index >= 15 is 0 Å². The summed E-state index contributed by atoms with van der Waals surface area (Å²) in [5.74, 6) is -0.0992. The lowest BCUT2D eigenvalue weighted by Crippen LogP contribution is -2.18. The summed E-state index contributed by atoms with van der Waals surface area (Å²) in [6, 6.07) is 7.27. The van der Waals surface area contributed by atoms with E-state index in [0.29, 0.717) is 5.76 Å². The van der Waals surface area contributed by atoms with Crippen LogP contribution in [0.2, 0.25) is 0 Å². The molecule has 1 amide bonds. The largest absolute Gasteiger partial charge is 0.361 e. The van der Waals surface area contributed by atoms with E-state index in [4.69, 9.17) is 9.66 Å². The van der Waals surface area contributed by atoms with Crippen LogP contribution in [0.4, 0.5) is 5.69 Å². The standard InChI is InChI=1S/C11H11N3O4S/c1-7-6-9(14-18-7)11(15)13-8-4-2-3-5-10(8)19(12,16)17/h2-6H,1H3,(H,13,15)(H2,12,16,17). The number of para-hydroxylation sites is 1. The van der Waals surface area contributed by atoms with Crippen molar-refractivity contribution in [3.63, 3.8) is 0 Å². The second kappa shape index (κ2) is 4.82. The molecule has 0 unspecified atom stereocenters. The molecule has 3 N–H and O–H groups in total. The zero-order chi connectivity index (χ0) is 14.0. The van der Waals surface area contributed by atoms with Crippen LogP contribution in [0.15, 0.2) is 39.8 Å². The Labute approximate surface area is 109 Å². The van der Waals surface area contributed by atoms with Gasteiger partial charge in [0.25, 0.3) is 5.91 Å². The molecule has 0 aliphatic heterocycles. The number of nitrogens with one attached hydrogen (secondary N) is 1. The highest BCUT2D eigenvalue weighted by molar-refractivity contribution is 7.89. The van der Waals surface area contributed by atoms with Gasteiger partial charge in [0.05, 0.1) is 5.69 Å². The average molecular weight is 281 g/mol. The summed E-state index contributed by atoms with van der Waals surface area (Å²) in [5, 5.41) is 11.0. The van der Waals surface area contributed by atoms with Crippen molar-refractivity contribution in [2.75, 3.05) is 5.32 Å². The number of aryl methyl sites for hydroxylation is 1. The van der Waals surface area contributed by atoms with Crippen LogP contribution >= 0.6 is 0 Å². The third-order valence-corrected chi connectivity index (χ3v) is 3.27. The Bertz CT molecular complexity index is 721. The van der Waals surface area contributed by atoms with E-state index in [1.807, 2.05) is 0 Å². The molecule has 2 rings (SSSR count). The van der Waals surface area contributed by atoms with Gasteiger partial charge in [0.2, 0.25) is 10.0 Å². The molecule has 1 aromatic carbocycles. The minimum atomic E-state index is -3.91. The van der Waals surface area contributed by atoms with E-state index in [9.17, 15) is 13.2 Å². The monoisotopic (exact) mass is 281 g/mol. The van der Waals surface area contributed by atoms with Crippen molar-refractivity contribution in [3.8, 4) is 0 Å². The number of sulfonamides is 1. The number of carbonyl (C=O) groups excluding carboxylic acids is 1. The predicted octanol–water partition coefficient (Wildman–Crippen LogP) is 0.883. The lowest BCUT2D eigenvalue weighted by atomic mass is 10.3. The molecule has 2 aromatic rings. The highest BCUT2D eigenvalue weighted by atomic mass is 32.2. The summed E-state index contributed by atoms with van der Waals surface area (Å²) in [6.07, 6.45) is 0. The average Bonchev–Trinajstić information content (AvgIpc) is 2.75. The van der Waals surface area contributed by atoms with Crippen LogP contribution in [0.1, 0.15) is 16.2 Å². The zero-order valence-electron chi connectivity index (χ0n) is 9.95. The maximum absolute atomic E-state index is 11.8. The van der Waals surface area contributed by atoms with Crippen molar-refractivity contribution >= 4 is 21.6 Å². The number of nitrogens with two attached hydrogens (primary N) is 1. The lowest BCUT2D eigenvalue weighted by Gasteiger charge is -2.07. The van der Waals surface area contributed by atoms with Crippen LogP contribution in [-0.4, -0.2) is 19.5 Å². The Morgan fingerprint density at radius 2 is 2.05 bits per heavy atom. The number of amides is 1. The van der Waals surface area contributed by atoms with Gasteiger partial charge in [-0.3, -0.25) is 4.79 Å². The summed E-state index contributed by atoms with van der Waals surface area (Å²) >= 11 is 0. The first-order valence-electron chi connectivity index (χ1n) is 5.24. The molecule has 8 heteroatoms. The molecule has 100 valence electrons. The van der Waals surface area contributed by atoms with Crippen LogP contribution in [0.25, 0.3) is 0 Å². The number of benzene rings is 1. The molecular weight excluding hydrogens is 270 g/mol. The third-order valence-electron chi connectivity index (χ3n) is 2.30. The molecular formula is C11H11N3O4S. The number of carbonyl (C=O) groups is 1. The predicted molar refractivity (Wildman–Crippen MR) is 67.0 cm³/mol. The molecule has 0 fully saturated rings. The van der Waals surface area contributed by atoms with Crippen molar-refractivity contribution in [1.29, 1.82) is 0 Å². The number of aromatic nitrogens is 1. The fraction of sp³-hybridized carbons (Fsp3) is 0.0909. The first-order valence-corrected chi connectivity index (χ1v) is 6.79. The lowest BCUT2D eigenvalue weighted by molar-refractivity contribution is 0.101. The number of primary sulfonamides is 1. The Morgan fingerprint density at radius 3 is 2.63 bits per heavy atom. The summed E-state index contributed by atoms with van der Waals surface area (Å²) in [5.41, 5.74) is 0.150. The summed E-state index contributed by atoms with van der Waals surface area (Å²) in [7, 11) is -3.91. The normalized spacial score (nSPS) is 11.3. The van der Waals surface area contributed by atoms with Crippen molar-refractivity contribution in [2.24, 2.45) is 5.14 Å². The highest BCUT2D eigenvalue weighted by Crippen LogP contribution is 2.20. The van der Waals surface area contributed by atoms with Crippen LogP contribution in [-0.2, 0) is 10.0 Å². The molecule has 0 aliphatic carbocycles. The van der Waals surface area contributed by atoms with E-state index < -0.39 is 15.9 Å². The number of hydrogen-bond acceptors (Lipinski definition) is 5. The number of anilines is 1. The van der Waals surface area contributed by atoms with Crippen LogP contribution in [0, 0.1) is 6.92 Å². The van der Waals surface area contributed by atoms with E-state index in [1.54, 1.807) is 13.0 Å². The molecule has 19 heavy (non-hydrogen) atoms. The van der Waals surface area contributed by atoms with Crippen LogP contribution in [0.3, 0.4) is 0 Å². The SMILES string of the molecule is Cc1cc(C(=O)Nc2ccccc2S(N)(=O)=O)no1. The Kier molecular flexibility index (Phi) is 3.36. The third kappa shape index (κ3) is 2.98. The topological polar surface area (TPSA) is 115 Å². The Hall–Kier alpha value is -2.19. The van der Waals surface area contributed by atoms with E-state index in [0.717, 1.165) is 0 Å². The van der Waals surface area contributed by atoms with Crippen molar-refractivity contribution in [1.82, 2.24) is 5.16 Å². The molecule has 0 aliphatic rings. The summed E-state index contributed by atoms with van der Waals surface area (Å²) < 4.78 is 27.5. The Balaban J connectivity index is 2.32. The molecule has 0 saturated carbocycles. The zero-order valence-corrected chi connectivity index (χ0v) is 10.8. The summed E-state index contributed by atoms with van der Waals surface area (Å²) in [4.78, 5) is 11.7. The molecule has 0 bridgehead atoms. The fourth-order valence-electron chi connectivity index (χ4n) is 1.48. The van der Waals surface area contributed by atoms with Crippen LogP contribution in [0.5, 0.6) is 0 Å². The van der Waals surface area contributed by atoms with Gasteiger partial charge in [-0.2, -0.15) is 0 Å². The second-order valence-electron chi connectivity index (χ2n) is 3.82. The van der Waals surface area contributed by atoms with Gasteiger partial charge in [-0.15, -0.1) is 0 Å². The Morgan fingerprint density at radius 1 is 1.37 bits per heavy atom. The van der Waals surface area contributed by atoms with Gasteiger partial charge in [-0.1, -0.05) is 17.3 Å². The van der Waals surface area contributed by atoms with Gasteiger partial charge in [0, 0.05) is 6.07 Å². The maximum atomic E-state index is 11.8. The molecule has 0 spiro atoms. The highest BCUT2D eigenvalue weighted by Gasteiger charge is 2.17. The minimum Gasteiger partial charge on any atom is -0.361 e. The first kappa shape index (κ1) is 13.2. The smallest absolute Gasteiger partial charge is 0.277 e. The number of nitrogens with zero attached hydrogens (tertiary/aromatic N) is 1. The molecule has 0 atom stereocenters. The van der Waals surface area contributed by atoms with Gasteiger partial charge in [-0.25, -0.2) is 13.6 Å². The molecule has 0 radical (unpaired) electrons. The quantitative estimate of drug-likeness (QED) is 0.866. The fourth-order valence-corrected chi connectivity index (χ4v) is 2.17. The number of rotatable bonds is 3. The first-order chi connectivity index (χ1) is 8.88. The van der Waals surface area contributed by atoms with Gasteiger partial charge in [0.1, 0.15) is 10.7 Å². The minimum absolute atomic E-state index is 0.0572. The molecule has 1 aromatic heterocycles. The molecule has 0 saturated heterocycles.